The van der Waals surface area contributed by atoms with E-state index in [1.54, 1.807) is 7.11 Å². The van der Waals surface area contributed by atoms with Gasteiger partial charge in [-0.05, 0) is 74.3 Å². The van der Waals surface area contributed by atoms with Crippen LogP contribution >= 0.6 is 22.9 Å². The van der Waals surface area contributed by atoms with E-state index in [1.165, 1.54) is 46.8 Å². The summed E-state index contributed by atoms with van der Waals surface area (Å²) >= 11 is 8.07. The maximum absolute atomic E-state index is 6.22. The Morgan fingerprint density at radius 2 is 1.87 bits per heavy atom. The number of thiazole rings is 1. The average Bonchev–Trinajstić information content (AvgIpc) is 3.54. The normalized spacial score (nSPS) is 21.1. The number of hydrogen-bond donors (Lipinski definition) is 1. The van der Waals surface area contributed by atoms with Crippen molar-refractivity contribution in [2.45, 2.75) is 50.4 Å². The van der Waals surface area contributed by atoms with Crippen molar-refractivity contribution in [1.82, 2.24) is 9.97 Å². The topological polar surface area (TPSA) is 47.0 Å². The van der Waals surface area contributed by atoms with E-state index in [9.17, 15) is 0 Å². The highest BCUT2D eigenvalue weighted by Crippen LogP contribution is 2.43. The van der Waals surface area contributed by atoms with Crippen molar-refractivity contribution in [3.8, 4) is 16.2 Å². The second-order valence-electron chi connectivity index (χ2n) is 8.75. The molecule has 0 radical (unpaired) electrons. The molecule has 1 aromatic carbocycles. The summed E-state index contributed by atoms with van der Waals surface area (Å²) in [5.74, 6) is 2.56. The number of methoxy groups -OCH3 is 1. The van der Waals surface area contributed by atoms with E-state index in [0.717, 1.165) is 31.0 Å². The van der Waals surface area contributed by atoms with Crippen molar-refractivity contribution < 1.29 is 4.74 Å². The summed E-state index contributed by atoms with van der Waals surface area (Å²) in [6, 6.07) is 12.8. The summed E-state index contributed by atoms with van der Waals surface area (Å²) in [6.45, 7) is 1.02. The van der Waals surface area contributed by atoms with Crippen molar-refractivity contribution >= 4 is 28.6 Å². The van der Waals surface area contributed by atoms with Crippen molar-refractivity contribution in [2.24, 2.45) is 5.92 Å². The second-order valence-corrected chi connectivity index (χ2v) is 10.2. The largest absolute Gasteiger partial charge is 0.494 e. The summed E-state index contributed by atoms with van der Waals surface area (Å²) in [5.41, 5.74) is 3.56. The number of anilines is 1. The lowest BCUT2D eigenvalue weighted by molar-refractivity contribution is 0.334. The van der Waals surface area contributed by atoms with Gasteiger partial charge in [-0.1, -0.05) is 23.7 Å². The fourth-order valence-electron chi connectivity index (χ4n) is 4.46. The van der Waals surface area contributed by atoms with E-state index in [1.807, 2.05) is 23.6 Å². The Balaban J connectivity index is 1.15. The molecule has 1 N–H and O–H groups in total. The van der Waals surface area contributed by atoms with Crippen molar-refractivity contribution in [1.29, 1.82) is 0 Å². The lowest BCUT2D eigenvalue weighted by Gasteiger charge is -2.28. The number of benzene rings is 1. The molecule has 0 spiro atoms. The van der Waals surface area contributed by atoms with Gasteiger partial charge in [0.15, 0.2) is 10.9 Å². The molecular formula is C25H28ClN3OS. The molecule has 3 aromatic rings. The molecule has 6 heteroatoms. The van der Waals surface area contributed by atoms with Gasteiger partial charge in [-0.15, -0.1) is 11.3 Å². The first kappa shape index (κ1) is 20.8. The predicted octanol–water partition coefficient (Wildman–Crippen LogP) is 7.13. The molecule has 0 unspecified atom stereocenters. The number of rotatable bonds is 7. The zero-order valence-electron chi connectivity index (χ0n) is 17.8. The summed E-state index contributed by atoms with van der Waals surface area (Å²) in [5, 5.41) is 5.45. The highest BCUT2D eigenvalue weighted by Gasteiger charge is 2.27. The van der Waals surface area contributed by atoms with Gasteiger partial charge in [0.25, 0.3) is 0 Å². The van der Waals surface area contributed by atoms with Gasteiger partial charge >= 0.3 is 0 Å². The van der Waals surface area contributed by atoms with Crippen LogP contribution in [-0.2, 0) is 0 Å². The van der Waals surface area contributed by atoms with E-state index in [4.69, 9.17) is 16.3 Å². The zero-order valence-corrected chi connectivity index (χ0v) is 19.4. The number of hydrogen-bond acceptors (Lipinski definition) is 5. The Kier molecular flexibility index (Phi) is 6.15. The molecule has 2 aliphatic rings. The number of ether oxygens (including phenoxy) is 1. The molecule has 2 fully saturated rings. The van der Waals surface area contributed by atoms with Crippen LogP contribution in [0.1, 0.15) is 61.1 Å². The van der Waals surface area contributed by atoms with Crippen LogP contribution in [0.2, 0.25) is 5.15 Å². The van der Waals surface area contributed by atoms with Gasteiger partial charge in [0.1, 0.15) is 0 Å². The maximum Gasteiger partial charge on any atom is 0.171 e. The minimum atomic E-state index is 0.467. The maximum atomic E-state index is 6.22. The molecule has 2 aliphatic carbocycles. The molecule has 0 bridgehead atoms. The lowest BCUT2D eigenvalue weighted by atomic mass is 9.80. The van der Waals surface area contributed by atoms with Gasteiger partial charge < -0.3 is 10.1 Å². The molecule has 4 nitrogen and oxygen atoms in total. The first-order valence-electron chi connectivity index (χ1n) is 11.2. The Bertz CT molecular complexity index is 1040. The van der Waals surface area contributed by atoms with Gasteiger partial charge in [0, 0.05) is 36.0 Å². The van der Waals surface area contributed by atoms with Crippen LogP contribution in [-0.4, -0.2) is 23.6 Å². The molecule has 2 heterocycles. The number of halogens is 1. The summed E-state index contributed by atoms with van der Waals surface area (Å²) in [7, 11) is 1.62. The Morgan fingerprint density at radius 3 is 2.61 bits per heavy atom. The minimum Gasteiger partial charge on any atom is -0.494 e. The molecule has 5 rings (SSSR count). The zero-order chi connectivity index (χ0) is 21.2. The molecule has 0 atom stereocenters. The van der Waals surface area contributed by atoms with E-state index in [2.05, 4.69) is 45.6 Å². The van der Waals surface area contributed by atoms with Gasteiger partial charge in [-0.2, -0.15) is 0 Å². The summed E-state index contributed by atoms with van der Waals surface area (Å²) in [4.78, 5) is 10.5. The van der Waals surface area contributed by atoms with Crippen LogP contribution in [0, 0.1) is 5.92 Å². The Hall–Kier alpha value is -2.11. The Morgan fingerprint density at radius 1 is 1.06 bits per heavy atom. The smallest absolute Gasteiger partial charge is 0.171 e. The van der Waals surface area contributed by atoms with Crippen LogP contribution < -0.4 is 10.1 Å². The first-order valence-corrected chi connectivity index (χ1v) is 12.4. The minimum absolute atomic E-state index is 0.467. The van der Waals surface area contributed by atoms with Gasteiger partial charge in [0.05, 0.1) is 17.0 Å². The van der Waals surface area contributed by atoms with Crippen LogP contribution in [0.3, 0.4) is 0 Å². The van der Waals surface area contributed by atoms with E-state index >= 15 is 0 Å². The molecule has 0 aliphatic heterocycles. The van der Waals surface area contributed by atoms with E-state index in [-0.39, 0.29) is 0 Å². The van der Waals surface area contributed by atoms with Crippen molar-refractivity contribution in [3.05, 3.63) is 58.4 Å². The number of nitrogens with zero attached hydrogens (tertiary/aromatic N) is 2. The van der Waals surface area contributed by atoms with Crippen LogP contribution in [0.4, 0.5) is 5.69 Å². The van der Waals surface area contributed by atoms with Gasteiger partial charge in [0.2, 0.25) is 0 Å². The molecule has 2 saturated carbocycles. The third-order valence-corrected chi connectivity index (χ3v) is 7.99. The van der Waals surface area contributed by atoms with Gasteiger partial charge in [-0.25, -0.2) is 9.97 Å². The van der Waals surface area contributed by atoms with Crippen molar-refractivity contribution in [2.75, 3.05) is 19.0 Å². The fourth-order valence-corrected chi connectivity index (χ4v) is 5.78. The Labute approximate surface area is 193 Å². The van der Waals surface area contributed by atoms with Crippen LogP contribution in [0.15, 0.2) is 42.6 Å². The van der Waals surface area contributed by atoms with Crippen LogP contribution in [0.5, 0.6) is 5.75 Å². The highest BCUT2D eigenvalue weighted by atomic mass is 35.5. The van der Waals surface area contributed by atoms with Gasteiger partial charge in [-0.3, -0.25) is 0 Å². The van der Waals surface area contributed by atoms with E-state index < -0.39 is 0 Å². The molecule has 31 heavy (non-hydrogen) atoms. The summed E-state index contributed by atoms with van der Waals surface area (Å²) < 4.78 is 5.22. The molecule has 162 valence electrons. The quantitative estimate of drug-likeness (QED) is 0.386. The average molecular weight is 454 g/mol. The first-order chi connectivity index (χ1) is 15.2. The molecule has 0 amide bonds. The van der Waals surface area contributed by atoms with Crippen molar-refractivity contribution in [3.63, 3.8) is 0 Å². The fraction of sp³-hybridized carbons (Fsp3) is 0.440. The summed E-state index contributed by atoms with van der Waals surface area (Å²) in [6.07, 6.45) is 9.39. The van der Waals surface area contributed by atoms with Crippen LogP contribution in [0.25, 0.3) is 10.4 Å². The SMILES string of the molecule is COc1ccc(C2CCC(CNc3cccc(-c4cnc(C5CC5)s4)c3)CC2)nc1Cl. The molecular weight excluding hydrogens is 426 g/mol. The second kappa shape index (κ2) is 9.17. The predicted molar refractivity (Wildman–Crippen MR) is 129 cm³/mol. The standard InChI is InChI=1S/C25H28ClN3OS/c1-30-22-12-11-21(29-24(22)26)17-7-5-16(6-8-17)14-27-20-4-2-3-19(13-20)23-15-28-25(31-23)18-9-10-18/h2-4,11-13,15-18,27H,5-10,14H2,1H3. The highest BCUT2D eigenvalue weighted by molar-refractivity contribution is 7.15. The number of aromatic nitrogens is 2. The molecule has 2 aromatic heterocycles. The number of pyridine rings is 1. The molecule has 0 saturated heterocycles. The lowest BCUT2D eigenvalue weighted by Crippen LogP contribution is -2.21. The number of nitrogens with one attached hydrogen (secondary N) is 1. The van der Waals surface area contributed by atoms with E-state index in [0.29, 0.717) is 22.7 Å². The third-order valence-electron chi connectivity index (χ3n) is 6.51. The third kappa shape index (κ3) is 4.88. The monoisotopic (exact) mass is 453 g/mol.